The quantitative estimate of drug-likeness (QED) is 0.878. The summed E-state index contributed by atoms with van der Waals surface area (Å²) in [6.07, 6.45) is 4.75. The Kier molecular flexibility index (Phi) is 4.15. The summed E-state index contributed by atoms with van der Waals surface area (Å²) >= 11 is 0. The third kappa shape index (κ3) is 2.99. The summed E-state index contributed by atoms with van der Waals surface area (Å²) in [5.74, 6) is 0.769. The molecule has 0 radical (unpaired) electrons. The van der Waals surface area contributed by atoms with Gasteiger partial charge in [-0.05, 0) is 32.3 Å². The topological polar surface area (TPSA) is 38.0 Å². The molecule has 1 aromatic heterocycles. The van der Waals surface area contributed by atoms with Crippen molar-refractivity contribution in [1.29, 1.82) is 0 Å². The Hall–Kier alpha value is -1.61. The molecule has 18 heavy (non-hydrogen) atoms. The fourth-order valence-corrected chi connectivity index (χ4v) is 2.19. The van der Waals surface area contributed by atoms with Crippen molar-refractivity contribution >= 4 is 0 Å². The average Bonchev–Trinajstić information content (AvgIpc) is 2.84. The molecule has 0 amide bonds. The molecule has 0 aliphatic rings. The Bertz CT molecular complexity index is 505. The van der Waals surface area contributed by atoms with E-state index in [2.05, 4.69) is 43.1 Å². The summed E-state index contributed by atoms with van der Waals surface area (Å²) in [5.41, 5.74) is 2.53. The molecule has 1 aromatic carbocycles. The number of aliphatic hydroxyl groups excluding tert-OH is 1. The Morgan fingerprint density at radius 1 is 1.39 bits per heavy atom. The van der Waals surface area contributed by atoms with Crippen LogP contribution in [0.2, 0.25) is 0 Å². The van der Waals surface area contributed by atoms with Gasteiger partial charge in [0, 0.05) is 18.9 Å². The van der Waals surface area contributed by atoms with Gasteiger partial charge in [0.1, 0.15) is 11.9 Å². The summed E-state index contributed by atoms with van der Waals surface area (Å²) in [4.78, 5) is 4.23. The average molecular weight is 244 g/mol. The Labute approximate surface area is 108 Å². The normalized spacial score (nSPS) is 12.6. The SMILES string of the molecule is CCn1ccnc1C(O)CCc1cccc(C)c1. The molecule has 3 nitrogen and oxygen atoms in total. The number of nitrogens with zero attached hydrogens (tertiary/aromatic N) is 2. The van der Waals surface area contributed by atoms with E-state index in [1.165, 1.54) is 11.1 Å². The van der Waals surface area contributed by atoms with Gasteiger partial charge in [-0.2, -0.15) is 0 Å². The third-order valence-electron chi connectivity index (χ3n) is 3.18. The molecule has 0 spiro atoms. The summed E-state index contributed by atoms with van der Waals surface area (Å²) in [5, 5.41) is 10.2. The standard InChI is InChI=1S/C15H20N2O/c1-3-17-10-9-16-15(17)14(18)8-7-13-6-4-5-12(2)11-13/h4-6,9-11,14,18H,3,7-8H2,1-2H3. The number of aliphatic hydroxyl groups is 1. The number of hydrogen-bond acceptors (Lipinski definition) is 2. The van der Waals surface area contributed by atoms with Crippen LogP contribution in [0.1, 0.15) is 36.4 Å². The van der Waals surface area contributed by atoms with Gasteiger partial charge in [0.2, 0.25) is 0 Å². The van der Waals surface area contributed by atoms with Gasteiger partial charge in [0.05, 0.1) is 0 Å². The van der Waals surface area contributed by atoms with Gasteiger partial charge in [0.25, 0.3) is 0 Å². The second-order valence-corrected chi connectivity index (χ2v) is 4.61. The lowest BCUT2D eigenvalue weighted by Crippen LogP contribution is -2.08. The highest BCUT2D eigenvalue weighted by atomic mass is 16.3. The number of imidazole rings is 1. The van der Waals surface area contributed by atoms with Crippen LogP contribution in [-0.2, 0) is 13.0 Å². The minimum Gasteiger partial charge on any atom is -0.385 e. The van der Waals surface area contributed by atoms with E-state index in [1.54, 1.807) is 6.20 Å². The maximum atomic E-state index is 10.2. The Morgan fingerprint density at radius 2 is 2.22 bits per heavy atom. The Morgan fingerprint density at radius 3 is 2.94 bits per heavy atom. The van der Waals surface area contributed by atoms with Gasteiger partial charge in [-0.15, -0.1) is 0 Å². The van der Waals surface area contributed by atoms with E-state index in [0.717, 1.165) is 18.8 Å². The largest absolute Gasteiger partial charge is 0.385 e. The fraction of sp³-hybridized carbons (Fsp3) is 0.400. The van der Waals surface area contributed by atoms with Crippen LogP contribution in [0.15, 0.2) is 36.7 Å². The molecule has 96 valence electrons. The molecule has 0 bridgehead atoms. The molecule has 1 unspecified atom stereocenters. The van der Waals surface area contributed by atoms with Gasteiger partial charge in [-0.25, -0.2) is 4.98 Å². The number of benzene rings is 1. The molecule has 1 atom stereocenters. The summed E-state index contributed by atoms with van der Waals surface area (Å²) in [7, 11) is 0. The van der Waals surface area contributed by atoms with Crippen molar-refractivity contribution < 1.29 is 5.11 Å². The highest BCUT2D eigenvalue weighted by Gasteiger charge is 2.13. The minimum absolute atomic E-state index is 0.486. The number of aryl methyl sites for hydroxylation is 3. The first kappa shape index (κ1) is 12.8. The molecule has 2 rings (SSSR count). The lowest BCUT2D eigenvalue weighted by Gasteiger charge is -2.12. The van der Waals surface area contributed by atoms with E-state index in [1.807, 2.05) is 10.8 Å². The molecule has 1 N–H and O–H groups in total. The molecular weight excluding hydrogens is 224 g/mol. The summed E-state index contributed by atoms with van der Waals surface area (Å²) < 4.78 is 1.99. The molecule has 3 heteroatoms. The molecule has 0 saturated carbocycles. The minimum atomic E-state index is -0.486. The van der Waals surface area contributed by atoms with Crippen molar-refractivity contribution in [2.75, 3.05) is 0 Å². The monoisotopic (exact) mass is 244 g/mol. The molecular formula is C15H20N2O. The first-order valence-corrected chi connectivity index (χ1v) is 6.45. The summed E-state index contributed by atoms with van der Waals surface area (Å²) in [6, 6.07) is 8.42. The third-order valence-corrected chi connectivity index (χ3v) is 3.18. The second kappa shape index (κ2) is 5.83. The predicted molar refractivity (Wildman–Crippen MR) is 72.4 cm³/mol. The molecule has 0 aliphatic heterocycles. The van der Waals surface area contributed by atoms with Gasteiger partial charge in [-0.3, -0.25) is 0 Å². The first-order valence-electron chi connectivity index (χ1n) is 6.45. The van der Waals surface area contributed by atoms with Crippen LogP contribution >= 0.6 is 0 Å². The van der Waals surface area contributed by atoms with E-state index in [-0.39, 0.29) is 0 Å². The van der Waals surface area contributed by atoms with E-state index >= 15 is 0 Å². The van der Waals surface area contributed by atoms with Gasteiger partial charge >= 0.3 is 0 Å². The van der Waals surface area contributed by atoms with Crippen molar-refractivity contribution in [3.8, 4) is 0 Å². The van der Waals surface area contributed by atoms with Crippen molar-refractivity contribution in [3.63, 3.8) is 0 Å². The summed E-state index contributed by atoms with van der Waals surface area (Å²) in [6.45, 7) is 4.99. The zero-order valence-corrected chi connectivity index (χ0v) is 11.0. The van der Waals surface area contributed by atoms with Gasteiger partial charge < -0.3 is 9.67 Å². The van der Waals surface area contributed by atoms with Crippen LogP contribution in [-0.4, -0.2) is 14.7 Å². The van der Waals surface area contributed by atoms with Crippen LogP contribution in [0.3, 0.4) is 0 Å². The van der Waals surface area contributed by atoms with Crippen molar-refractivity contribution in [2.24, 2.45) is 0 Å². The van der Waals surface area contributed by atoms with Crippen LogP contribution in [0, 0.1) is 6.92 Å². The van der Waals surface area contributed by atoms with Crippen molar-refractivity contribution in [1.82, 2.24) is 9.55 Å². The highest BCUT2D eigenvalue weighted by molar-refractivity contribution is 5.22. The van der Waals surface area contributed by atoms with Gasteiger partial charge in [0.15, 0.2) is 0 Å². The van der Waals surface area contributed by atoms with Crippen molar-refractivity contribution in [2.45, 2.75) is 39.3 Å². The van der Waals surface area contributed by atoms with E-state index in [9.17, 15) is 5.11 Å². The van der Waals surface area contributed by atoms with E-state index in [0.29, 0.717) is 6.42 Å². The van der Waals surface area contributed by atoms with E-state index < -0.39 is 6.10 Å². The van der Waals surface area contributed by atoms with Gasteiger partial charge in [-0.1, -0.05) is 29.8 Å². The second-order valence-electron chi connectivity index (χ2n) is 4.61. The smallest absolute Gasteiger partial charge is 0.137 e. The molecule has 0 fully saturated rings. The predicted octanol–water partition coefficient (Wildman–Crippen LogP) is 2.88. The van der Waals surface area contributed by atoms with Crippen LogP contribution < -0.4 is 0 Å². The highest BCUT2D eigenvalue weighted by Crippen LogP contribution is 2.18. The molecule has 1 heterocycles. The maximum absolute atomic E-state index is 10.2. The molecule has 0 saturated heterocycles. The Balaban J connectivity index is 1.98. The van der Waals surface area contributed by atoms with Crippen LogP contribution in [0.5, 0.6) is 0 Å². The van der Waals surface area contributed by atoms with Crippen LogP contribution in [0.25, 0.3) is 0 Å². The lowest BCUT2D eigenvalue weighted by molar-refractivity contribution is 0.153. The zero-order chi connectivity index (χ0) is 13.0. The first-order chi connectivity index (χ1) is 8.70. The van der Waals surface area contributed by atoms with Crippen LogP contribution in [0.4, 0.5) is 0 Å². The zero-order valence-electron chi connectivity index (χ0n) is 11.0. The number of aromatic nitrogens is 2. The number of hydrogen-bond donors (Lipinski definition) is 1. The van der Waals surface area contributed by atoms with Crippen molar-refractivity contribution in [3.05, 3.63) is 53.6 Å². The number of rotatable bonds is 5. The fourth-order valence-electron chi connectivity index (χ4n) is 2.19. The van der Waals surface area contributed by atoms with E-state index in [4.69, 9.17) is 0 Å². The lowest BCUT2D eigenvalue weighted by atomic mass is 10.0. The molecule has 2 aromatic rings. The molecule has 0 aliphatic carbocycles. The maximum Gasteiger partial charge on any atom is 0.137 e.